The molecule has 1 fully saturated rings. The minimum absolute atomic E-state index is 0.0582. The molecule has 1 aliphatic heterocycles. The number of amides is 2. The largest absolute Gasteiger partial charge is 0.483 e. The highest BCUT2D eigenvalue weighted by Gasteiger charge is 2.40. The third-order valence-corrected chi connectivity index (χ3v) is 6.60. The average Bonchev–Trinajstić information content (AvgIpc) is 3.32. The lowest BCUT2D eigenvalue weighted by Crippen LogP contribution is -2.47. The second-order valence-electron chi connectivity index (χ2n) is 8.65. The van der Waals surface area contributed by atoms with E-state index >= 15 is 0 Å². The fraction of sp³-hybridized carbons (Fsp3) is 0.296. The van der Waals surface area contributed by atoms with E-state index in [1.54, 1.807) is 30.3 Å². The number of carbonyl (C=O) groups excluding carboxylic acids is 3. The Morgan fingerprint density at radius 2 is 1.74 bits per heavy atom. The molecule has 2 amide bonds. The van der Waals surface area contributed by atoms with E-state index in [0.717, 1.165) is 36.5 Å². The quantitative estimate of drug-likeness (QED) is 0.594. The minimum Gasteiger partial charge on any atom is -0.483 e. The highest BCUT2D eigenvalue weighted by molar-refractivity contribution is 6.09. The van der Waals surface area contributed by atoms with Crippen molar-refractivity contribution in [1.29, 1.82) is 0 Å². The summed E-state index contributed by atoms with van der Waals surface area (Å²) in [5, 5.41) is 4.91. The lowest BCUT2D eigenvalue weighted by molar-refractivity contribution is -0.127. The van der Waals surface area contributed by atoms with E-state index in [2.05, 4.69) is 5.32 Å². The number of anilines is 1. The lowest BCUT2D eigenvalue weighted by Gasteiger charge is -2.32. The van der Waals surface area contributed by atoms with Crippen LogP contribution in [0.4, 0.5) is 5.69 Å². The standard InChI is InChI=1S/C27H26N2O5/c1-33-27(32)20-12-6-7-13-21(20)29-23(30)16-34-22-15-14-17-8-2-5-11-19(17)24(22)25(29)26(31)28-18-9-3-4-10-18/h2,5-8,11-15,18,25H,3-4,9-10,16H2,1H3,(H,28,31). The molecule has 1 heterocycles. The molecule has 1 aliphatic carbocycles. The topological polar surface area (TPSA) is 84.9 Å². The van der Waals surface area contributed by atoms with Crippen molar-refractivity contribution < 1.29 is 23.9 Å². The smallest absolute Gasteiger partial charge is 0.339 e. The summed E-state index contributed by atoms with van der Waals surface area (Å²) in [6, 6.07) is 17.2. The number of benzene rings is 3. The average molecular weight is 459 g/mol. The van der Waals surface area contributed by atoms with Crippen LogP contribution in [0.1, 0.15) is 47.6 Å². The predicted molar refractivity (Wildman–Crippen MR) is 128 cm³/mol. The zero-order valence-electron chi connectivity index (χ0n) is 19.0. The fourth-order valence-electron chi connectivity index (χ4n) is 5.00. The molecule has 0 spiro atoms. The van der Waals surface area contributed by atoms with Crippen LogP contribution in [0.15, 0.2) is 60.7 Å². The molecular weight excluding hydrogens is 432 g/mol. The van der Waals surface area contributed by atoms with Crippen LogP contribution >= 0.6 is 0 Å². The van der Waals surface area contributed by atoms with Crippen LogP contribution in [0.3, 0.4) is 0 Å². The van der Waals surface area contributed by atoms with Crippen molar-refractivity contribution in [3.05, 3.63) is 71.8 Å². The third kappa shape index (κ3) is 3.87. The minimum atomic E-state index is -1.01. The molecule has 1 N–H and O–H groups in total. The fourth-order valence-corrected chi connectivity index (χ4v) is 5.00. The van der Waals surface area contributed by atoms with E-state index in [4.69, 9.17) is 9.47 Å². The number of methoxy groups -OCH3 is 1. The van der Waals surface area contributed by atoms with Crippen molar-refractivity contribution in [2.75, 3.05) is 18.6 Å². The van der Waals surface area contributed by atoms with E-state index in [9.17, 15) is 14.4 Å². The molecule has 7 heteroatoms. The monoisotopic (exact) mass is 458 g/mol. The van der Waals surface area contributed by atoms with Crippen molar-refractivity contribution in [3.8, 4) is 5.75 Å². The summed E-state index contributed by atoms with van der Waals surface area (Å²) in [5.41, 5.74) is 1.13. The van der Waals surface area contributed by atoms with Crippen molar-refractivity contribution in [2.45, 2.75) is 37.8 Å². The number of para-hydroxylation sites is 1. The summed E-state index contributed by atoms with van der Waals surface area (Å²) < 4.78 is 10.9. The number of ether oxygens (including phenoxy) is 2. The summed E-state index contributed by atoms with van der Waals surface area (Å²) in [7, 11) is 1.29. The highest BCUT2D eigenvalue weighted by Crippen LogP contribution is 2.41. The Bertz CT molecular complexity index is 1260. The molecule has 0 aromatic heterocycles. The summed E-state index contributed by atoms with van der Waals surface area (Å²) in [6.45, 7) is -0.256. The second-order valence-corrected chi connectivity index (χ2v) is 8.65. The van der Waals surface area contributed by atoms with Crippen LogP contribution in [0.5, 0.6) is 5.75 Å². The first-order chi connectivity index (χ1) is 16.6. The Balaban J connectivity index is 1.73. The molecular formula is C27H26N2O5. The summed E-state index contributed by atoms with van der Waals surface area (Å²) >= 11 is 0. The normalized spacial score (nSPS) is 18.2. The van der Waals surface area contributed by atoms with Gasteiger partial charge in [-0.2, -0.15) is 0 Å². The van der Waals surface area contributed by atoms with Gasteiger partial charge in [0.05, 0.1) is 18.4 Å². The van der Waals surface area contributed by atoms with Crippen molar-refractivity contribution in [2.24, 2.45) is 0 Å². The Hall–Kier alpha value is -3.87. The molecule has 0 saturated heterocycles. The van der Waals surface area contributed by atoms with Gasteiger partial charge in [-0.15, -0.1) is 0 Å². The maximum atomic E-state index is 13.9. The Morgan fingerprint density at radius 3 is 2.53 bits per heavy atom. The van der Waals surface area contributed by atoms with Crippen LogP contribution < -0.4 is 15.0 Å². The lowest BCUT2D eigenvalue weighted by atomic mass is 9.94. The molecule has 3 aromatic rings. The molecule has 0 radical (unpaired) electrons. The first-order valence-corrected chi connectivity index (χ1v) is 11.5. The van der Waals surface area contributed by atoms with Gasteiger partial charge in [-0.3, -0.25) is 14.5 Å². The van der Waals surface area contributed by atoms with Crippen LogP contribution in [0.2, 0.25) is 0 Å². The number of rotatable bonds is 4. The molecule has 5 rings (SSSR count). The van der Waals surface area contributed by atoms with Gasteiger partial charge in [-0.1, -0.05) is 55.3 Å². The van der Waals surface area contributed by atoms with Crippen molar-refractivity contribution in [1.82, 2.24) is 5.32 Å². The third-order valence-electron chi connectivity index (χ3n) is 6.60. The molecule has 1 atom stereocenters. The summed E-state index contributed by atoms with van der Waals surface area (Å²) in [4.78, 5) is 41.4. The number of hydrogen-bond donors (Lipinski definition) is 1. The molecule has 1 saturated carbocycles. The SMILES string of the molecule is COC(=O)c1ccccc1N1C(=O)COc2ccc3ccccc3c2C1C(=O)NC1CCCC1. The Morgan fingerprint density at radius 1 is 1.00 bits per heavy atom. The molecule has 7 nitrogen and oxygen atoms in total. The van der Waals surface area contributed by atoms with Gasteiger partial charge in [0.25, 0.3) is 5.91 Å². The van der Waals surface area contributed by atoms with Gasteiger partial charge >= 0.3 is 5.97 Å². The Kier molecular flexibility index (Phi) is 5.92. The number of fused-ring (bicyclic) bond motifs is 3. The van der Waals surface area contributed by atoms with E-state index in [1.165, 1.54) is 12.0 Å². The maximum absolute atomic E-state index is 13.9. The Labute approximate surface area is 197 Å². The number of esters is 1. The van der Waals surface area contributed by atoms with Gasteiger partial charge in [0.1, 0.15) is 11.8 Å². The van der Waals surface area contributed by atoms with Crippen molar-refractivity contribution >= 4 is 34.2 Å². The predicted octanol–water partition coefficient (Wildman–Crippen LogP) is 4.15. The molecule has 0 bridgehead atoms. The van der Waals surface area contributed by atoms with E-state index in [-0.39, 0.29) is 24.1 Å². The van der Waals surface area contributed by atoms with Crippen LogP contribution in [0.25, 0.3) is 10.8 Å². The first kappa shape index (κ1) is 21.9. The maximum Gasteiger partial charge on any atom is 0.339 e. The van der Waals surface area contributed by atoms with E-state index in [0.29, 0.717) is 17.0 Å². The number of nitrogens with one attached hydrogen (secondary N) is 1. The van der Waals surface area contributed by atoms with Crippen molar-refractivity contribution in [3.63, 3.8) is 0 Å². The number of hydrogen-bond acceptors (Lipinski definition) is 5. The van der Waals surface area contributed by atoms with E-state index in [1.807, 2.05) is 30.3 Å². The van der Waals surface area contributed by atoms with Gasteiger partial charge in [0.15, 0.2) is 6.61 Å². The molecule has 2 aliphatic rings. The van der Waals surface area contributed by atoms with Crippen LogP contribution in [-0.4, -0.2) is 37.5 Å². The van der Waals surface area contributed by atoms with E-state index < -0.39 is 17.9 Å². The van der Waals surface area contributed by atoms with Gasteiger partial charge in [0, 0.05) is 11.6 Å². The number of nitrogens with zero attached hydrogens (tertiary/aromatic N) is 1. The second kappa shape index (κ2) is 9.17. The molecule has 1 unspecified atom stereocenters. The van der Waals surface area contributed by atoms with Gasteiger partial charge in [0.2, 0.25) is 5.91 Å². The highest BCUT2D eigenvalue weighted by atomic mass is 16.5. The number of carbonyl (C=O) groups is 3. The molecule has 3 aromatic carbocycles. The van der Waals surface area contributed by atoms with Gasteiger partial charge in [-0.25, -0.2) is 4.79 Å². The summed E-state index contributed by atoms with van der Waals surface area (Å²) in [5.74, 6) is -0.801. The molecule has 34 heavy (non-hydrogen) atoms. The van der Waals surface area contributed by atoms with Gasteiger partial charge in [-0.05, 0) is 41.8 Å². The summed E-state index contributed by atoms with van der Waals surface area (Å²) in [6.07, 6.45) is 3.94. The van der Waals surface area contributed by atoms with Crippen LogP contribution in [-0.2, 0) is 14.3 Å². The zero-order valence-corrected chi connectivity index (χ0v) is 19.0. The van der Waals surface area contributed by atoms with Gasteiger partial charge < -0.3 is 14.8 Å². The van der Waals surface area contributed by atoms with Crippen LogP contribution in [0, 0.1) is 0 Å². The first-order valence-electron chi connectivity index (χ1n) is 11.5. The molecule has 174 valence electrons. The zero-order chi connectivity index (χ0) is 23.7.